The summed E-state index contributed by atoms with van der Waals surface area (Å²) in [5.41, 5.74) is 2.08. The van der Waals surface area contributed by atoms with Crippen molar-refractivity contribution in [1.82, 2.24) is 19.8 Å². The molecule has 1 saturated heterocycles. The molecule has 1 aliphatic carbocycles. The van der Waals surface area contributed by atoms with E-state index in [1.54, 1.807) is 6.92 Å². The fourth-order valence-corrected chi connectivity index (χ4v) is 5.28. The Morgan fingerprint density at radius 2 is 1.77 bits per heavy atom. The molecule has 164 valence electrons. The molecule has 3 heterocycles. The number of hydrogen-bond acceptors (Lipinski definition) is 5. The largest absolute Gasteiger partial charge is 0.362 e. The van der Waals surface area contributed by atoms with Crippen molar-refractivity contribution in [2.24, 2.45) is 5.92 Å². The number of likely N-dealkylation sites (tertiary alicyclic amines) is 1. The zero-order chi connectivity index (χ0) is 21.3. The highest BCUT2D eigenvalue weighted by molar-refractivity contribution is 5.77. The van der Waals surface area contributed by atoms with E-state index in [2.05, 4.69) is 4.90 Å². The molecule has 2 amide bonds. The summed E-state index contributed by atoms with van der Waals surface area (Å²) in [6.07, 6.45) is 9.43. The van der Waals surface area contributed by atoms with Crippen molar-refractivity contribution in [2.75, 3.05) is 32.1 Å². The summed E-state index contributed by atoms with van der Waals surface area (Å²) >= 11 is 0. The highest BCUT2D eigenvalue weighted by Crippen LogP contribution is 2.35. The number of carbonyl (C=O) groups excluding carboxylic acids is 2. The maximum Gasteiger partial charge on any atom is 0.223 e. The molecular weight excluding hydrogens is 378 g/mol. The molecule has 1 aromatic heterocycles. The Morgan fingerprint density at radius 3 is 2.47 bits per heavy atom. The molecule has 2 fully saturated rings. The van der Waals surface area contributed by atoms with Gasteiger partial charge in [-0.3, -0.25) is 9.59 Å². The van der Waals surface area contributed by atoms with Crippen LogP contribution >= 0.6 is 0 Å². The van der Waals surface area contributed by atoms with Gasteiger partial charge in [0.15, 0.2) is 5.82 Å². The second-order valence-corrected chi connectivity index (χ2v) is 9.37. The minimum atomic E-state index is -0.0255. The number of nitrogens with zero attached hydrogens (tertiary/aromatic N) is 5. The van der Waals surface area contributed by atoms with Gasteiger partial charge in [0.05, 0.1) is 18.3 Å². The van der Waals surface area contributed by atoms with Crippen molar-refractivity contribution in [3.8, 4) is 0 Å². The second kappa shape index (κ2) is 8.90. The van der Waals surface area contributed by atoms with Crippen LogP contribution in [0.1, 0.15) is 81.4 Å². The van der Waals surface area contributed by atoms with E-state index in [1.807, 2.05) is 23.9 Å². The van der Waals surface area contributed by atoms with Gasteiger partial charge in [-0.2, -0.15) is 0 Å². The second-order valence-electron chi connectivity index (χ2n) is 9.37. The number of anilines is 1. The molecule has 1 aromatic rings. The molecule has 1 unspecified atom stereocenters. The monoisotopic (exact) mass is 413 g/mol. The van der Waals surface area contributed by atoms with Gasteiger partial charge in [-0.15, -0.1) is 0 Å². The lowest BCUT2D eigenvalue weighted by Gasteiger charge is -2.37. The molecule has 0 spiro atoms. The van der Waals surface area contributed by atoms with Crippen LogP contribution in [0.25, 0.3) is 0 Å². The molecule has 0 radical (unpaired) electrons. The molecular formula is C23H35N5O2. The predicted molar refractivity (Wildman–Crippen MR) is 116 cm³/mol. The Labute approximate surface area is 179 Å². The predicted octanol–water partition coefficient (Wildman–Crippen LogP) is 3.08. The Hall–Kier alpha value is -2.18. The van der Waals surface area contributed by atoms with Gasteiger partial charge in [0.2, 0.25) is 11.8 Å². The Kier molecular flexibility index (Phi) is 6.25. The molecule has 0 N–H and O–H groups in total. The first-order valence-corrected chi connectivity index (χ1v) is 11.6. The first-order valence-electron chi connectivity index (χ1n) is 11.6. The van der Waals surface area contributed by atoms with E-state index in [1.165, 1.54) is 25.7 Å². The fraction of sp³-hybridized carbons (Fsp3) is 0.739. The van der Waals surface area contributed by atoms with Crippen molar-refractivity contribution >= 4 is 17.6 Å². The van der Waals surface area contributed by atoms with Gasteiger partial charge in [0.25, 0.3) is 0 Å². The van der Waals surface area contributed by atoms with Crippen LogP contribution in [0, 0.1) is 5.92 Å². The van der Waals surface area contributed by atoms with Crippen LogP contribution in [-0.2, 0) is 22.6 Å². The third-order valence-corrected chi connectivity index (χ3v) is 6.98. The van der Waals surface area contributed by atoms with Gasteiger partial charge in [0.1, 0.15) is 5.82 Å². The number of hydrogen-bond donors (Lipinski definition) is 0. The summed E-state index contributed by atoms with van der Waals surface area (Å²) in [5.74, 6) is 2.59. The minimum absolute atomic E-state index is 0.0255. The van der Waals surface area contributed by atoms with E-state index in [-0.39, 0.29) is 17.9 Å². The summed E-state index contributed by atoms with van der Waals surface area (Å²) in [7, 11) is 3.98. The van der Waals surface area contributed by atoms with Crippen molar-refractivity contribution < 1.29 is 9.59 Å². The normalized spacial score (nSPS) is 22.2. The summed E-state index contributed by atoms with van der Waals surface area (Å²) in [6, 6.07) is -0.0255. The number of rotatable bonds is 4. The number of carbonyl (C=O) groups is 2. The average Bonchev–Trinajstić information content (AvgIpc) is 3.25. The van der Waals surface area contributed by atoms with Gasteiger partial charge in [-0.05, 0) is 38.0 Å². The molecule has 3 aliphatic rings. The van der Waals surface area contributed by atoms with Crippen LogP contribution in [0.5, 0.6) is 0 Å². The van der Waals surface area contributed by atoms with E-state index in [0.717, 1.165) is 55.1 Å². The molecule has 1 atom stereocenters. The molecule has 0 bridgehead atoms. The number of aromatic nitrogens is 2. The van der Waals surface area contributed by atoms with Crippen molar-refractivity contribution in [2.45, 2.75) is 77.3 Å². The first-order chi connectivity index (χ1) is 14.4. The van der Waals surface area contributed by atoms with E-state index < -0.39 is 0 Å². The lowest BCUT2D eigenvalue weighted by molar-refractivity contribution is -0.136. The standard InChI is InChI=1S/C23H35N5O2/c1-16(29)27-13-11-19-18(15-27)23(26(2)3)25-22(24-19)20-10-6-7-12-28(20)21(30)14-17-8-4-5-9-17/h17,20H,4-15H2,1-3H3. The lowest BCUT2D eigenvalue weighted by Crippen LogP contribution is -2.41. The Morgan fingerprint density at radius 1 is 1.03 bits per heavy atom. The summed E-state index contributed by atoms with van der Waals surface area (Å²) in [6.45, 7) is 3.69. The molecule has 1 saturated carbocycles. The quantitative estimate of drug-likeness (QED) is 0.759. The van der Waals surface area contributed by atoms with Crippen LogP contribution in [0.4, 0.5) is 5.82 Å². The van der Waals surface area contributed by atoms with Crippen molar-refractivity contribution in [3.63, 3.8) is 0 Å². The lowest BCUT2D eigenvalue weighted by atomic mass is 9.97. The van der Waals surface area contributed by atoms with Crippen molar-refractivity contribution in [1.29, 1.82) is 0 Å². The Balaban J connectivity index is 1.62. The molecule has 7 heteroatoms. The fourth-order valence-electron chi connectivity index (χ4n) is 5.28. The van der Waals surface area contributed by atoms with Crippen molar-refractivity contribution in [3.05, 3.63) is 17.1 Å². The molecule has 0 aromatic carbocycles. The third kappa shape index (κ3) is 4.30. The number of amides is 2. The van der Waals surface area contributed by atoms with Gasteiger partial charge in [-0.25, -0.2) is 9.97 Å². The SMILES string of the molecule is CC(=O)N1CCc2nc(C3CCCCN3C(=O)CC3CCCC3)nc(N(C)C)c2C1. The van der Waals surface area contributed by atoms with Gasteiger partial charge < -0.3 is 14.7 Å². The number of fused-ring (bicyclic) bond motifs is 1. The highest BCUT2D eigenvalue weighted by atomic mass is 16.2. The van der Waals surface area contributed by atoms with Crippen LogP contribution < -0.4 is 4.90 Å². The van der Waals surface area contributed by atoms with Gasteiger partial charge in [0, 0.05) is 52.5 Å². The average molecular weight is 414 g/mol. The van der Waals surface area contributed by atoms with Crippen LogP contribution in [0.3, 0.4) is 0 Å². The zero-order valence-corrected chi connectivity index (χ0v) is 18.7. The van der Waals surface area contributed by atoms with Gasteiger partial charge in [-0.1, -0.05) is 12.8 Å². The Bertz CT molecular complexity index is 803. The van der Waals surface area contributed by atoms with E-state index >= 15 is 0 Å². The van der Waals surface area contributed by atoms with E-state index in [4.69, 9.17) is 9.97 Å². The first kappa shape index (κ1) is 21.1. The number of piperidine rings is 1. The highest BCUT2D eigenvalue weighted by Gasteiger charge is 2.34. The molecule has 2 aliphatic heterocycles. The molecule has 7 nitrogen and oxygen atoms in total. The van der Waals surface area contributed by atoms with E-state index in [0.29, 0.717) is 25.4 Å². The van der Waals surface area contributed by atoms with Crippen LogP contribution in [0.15, 0.2) is 0 Å². The summed E-state index contributed by atoms with van der Waals surface area (Å²) < 4.78 is 0. The van der Waals surface area contributed by atoms with Crippen LogP contribution in [0.2, 0.25) is 0 Å². The summed E-state index contributed by atoms with van der Waals surface area (Å²) in [5, 5.41) is 0. The summed E-state index contributed by atoms with van der Waals surface area (Å²) in [4.78, 5) is 40.9. The van der Waals surface area contributed by atoms with Gasteiger partial charge >= 0.3 is 0 Å². The maximum atomic E-state index is 13.2. The van der Waals surface area contributed by atoms with Crippen LogP contribution in [-0.4, -0.2) is 58.8 Å². The topological polar surface area (TPSA) is 69.6 Å². The zero-order valence-electron chi connectivity index (χ0n) is 18.7. The minimum Gasteiger partial charge on any atom is -0.362 e. The maximum absolute atomic E-state index is 13.2. The molecule has 4 rings (SSSR count). The molecule has 30 heavy (non-hydrogen) atoms. The van der Waals surface area contributed by atoms with E-state index in [9.17, 15) is 9.59 Å². The smallest absolute Gasteiger partial charge is 0.223 e. The third-order valence-electron chi connectivity index (χ3n) is 6.98.